The van der Waals surface area contributed by atoms with Crippen molar-refractivity contribution < 1.29 is 0 Å². The Morgan fingerprint density at radius 3 is 3.06 bits per heavy atom. The number of H-pyrrole nitrogens is 1. The molecule has 0 radical (unpaired) electrons. The van der Waals surface area contributed by atoms with E-state index in [0.717, 1.165) is 17.0 Å². The van der Waals surface area contributed by atoms with E-state index in [1.54, 1.807) is 0 Å². The summed E-state index contributed by atoms with van der Waals surface area (Å²) in [7, 11) is 0. The first-order chi connectivity index (χ1) is 7.78. The number of pyridine rings is 1. The lowest BCUT2D eigenvalue weighted by molar-refractivity contribution is 0.771. The van der Waals surface area contributed by atoms with E-state index in [1.807, 2.05) is 6.20 Å². The quantitative estimate of drug-likeness (QED) is 0.823. The van der Waals surface area contributed by atoms with Crippen molar-refractivity contribution in [1.82, 2.24) is 15.0 Å². The molecule has 84 valence electrons. The Labute approximate surface area is 94.3 Å². The van der Waals surface area contributed by atoms with Gasteiger partial charge in [-0.1, -0.05) is 6.92 Å². The largest absolute Gasteiger partial charge is 0.340 e. The summed E-state index contributed by atoms with van der Waals surface area (Å²) < 4.78 is 0. The van der Waals surface area contributed by atoms with E-state index in [9.17, 15) is 0 Å². The van der Waals surface area contributed by atoms with Crippen molar-refractivity contribution in [2.75, 3.05) is 6.54 Å². The van der Waals surface area contributed by atoms with Gasteiger partial charge >= 0.3 is 0 Å². The first-order valence-electron chi connectivity index (χ1n) is 5.83. The number of rotatable bonds is 3. The van der Waals surface area contributed by atoms with Gasteiger partial charge in [-0.15, -0.1) is 0 Å². The summed E-state index contributed by atoms with van der Waals surface area (Å²) in [4.78, 5) is 12.2. The molecule has 1 fully saturated rings. The molecule has 2 heterocycles. The van der Waals surface area contributed by atoms with E-state index in [1.165, 1.54) is 18.4 Å². The second-order valence-corrected chi connectivity index (χ2v) is 4.67. The van der Waals surface area contributed by atoms with Gasteiger partial charge in [0.1, 0.15) is 5.82 Å². The molecule has 0 spiro atoms. The highest BCUT2D eigenvalue weighted by molar-refractivity contribution is 5.71. The van der Waals surface area contributed by atoms with Gasteiger partial charge in [0.2, 0.25) is 0 Å². The lowest BCUT2D eigenvalue weighted by Crippen LogP contribution is -2.08. The maximum Gasteiger partial charge on any atom is 0.177 e. The fourth-order valence-corrected chi connectivity index (χ4v) is 1.89. The fraction of sp³-hybridized carbons (Fsp3) is 0.500. The van der Waals surface area contributed by atoms with Crippen molar-refractivity contribution in [2.45, 2.75) is 31.6 Å². The van der Waals surface area contributed by atoms with E-state index in [2.05, 4.69) is 27.9 Å². The molecule has 4 nitrogen and oxygen atoms in total. The zero-order valence-corrected chi connectivity index (χ0v) is 9.40. The van der Waals surface area contributed by atoms with Gasteiger partial charge in [0.15, 0.2) is 5.65 Å². The monoisotopic (exact) mass is 216 g/mol. The predicted octanol–water partition coefficient (Wildman–Crippen LogP) is 1.90. The Kier molecular flexibility index (Phi) is 2.17. The van der Waals surface area contributed by atoms with E-state index < -0.39 is 0 Å². The van der Waals surface area contributed by atoms with Crippen LogP contribution in [0.4, 0.5) is 0 Å². The summed E-state index contributed by atoms with van der Waals surface area (Å²) >= 11 is 0. The van der Waals surface area contributed by atoms with E-state index in [0.29, 0.717) is 18.4 Å². The number of nitrogens with zero attached hydrogens (tertiary/aromatic N) is 2. The Hall–Kier alpha value is -1.42. The molecule has 3 rings (SSSR count). The lowest BCUT2D eigenvalue weighted by Gasteiger charge is -2.06. The van der Waals surface area contributed by atoms with Crippen LogP contribution in [0.1, 0.15) is 43.0 Å². The number of imidazole rings is 1. The van der Waals surface area contributed by atoms with Crippen LogP contribution in [-0.2, 0) is 0 Å². The zero-order chi connectivity index (χ0) is 11.1. The SMILES string of the molecule is CC(CN)c1cnc2nc(C3CC3)[nH]c2c1. The number of aromatic amines is 1. The number of aromatic nitrogens is 3. The summed E-state index contributed by atoms with van der Waals surface area (Å²) in [6.07, 6.45) is 4.40. The van der Waals surface area contributed by atoms with Crippen LogP contribution in [-0.4, -0.2) is 21.5 Å². The van der Waals surface area contributed by atoms with Crippen molar-refractivity contribution in [2.24, 2.45) is 5.73 Å². The van der Waals surface area contributed by atoms with Crippen LogP contribution in [0.2, 0.25) is 0 Å². The fourth-order valence-electron chi connectivity index (χ4n) is 1.89. The third-order valence-corrected chi connectivity index (χ3v) is 3.26. The summed E-state index contributed by atoms with van der Waals surface area (Å²) in [6.45, 7) is 2.76. The highest BCUT2D eigenvalue weighted by atomic mass is 15.0. The van der Waals surface area contributed by atoms with Crippen molar-refractivity contribution >= 4 is 11.2 Å². The van der Waals surface area contributed by atoms with Crippen LogP contribution < -0.4 is 5.73 Å². The van der Waals surface area contributed by atoms with E-state index in [4.69, 9.17) is 5.73 Å². The highest BCUT2D eigenvalue weighted by Gasteiger charge is 2.27. The van der Waals surface area contributed by atoms with Crippen molar-refractivity contribution in [3.8, 4) is 0 Å². The normalized spacial score (nSPS) is 17.9. The number of hydrogen-bond acceptors (Lipinski definition) is 3. The molecule has 2 aromatic rings. The predicted molar refractivity (Wildman–Crippen MR) is 63.3 cm³/mol. The summed E-state index contributed by atoms with van der Waals surface area (Å²) in [6, 6.07) is 2.12. The van der Waals surface area contributed by atoms with Crippen LogP contribution in [0, 0.1) is 0 Å². The van der Waals surface area contributed by atoms with E-state index in [-0.39, 0.29) is 0 Å². The molecule has 1 aliphatic rings. The van der Waals surface area contributed by atoms with Gasteiger partial charge in [0.25, 0.3) is 0 Å². The second-order valence-electron chi connectivity index (χ2n) is 4.67. The Morgan fingerprint density at radius 1 is 1.56 bits per heavy atom. The molecule has 3 N–H and O–H groups in total. The summed E-state index contributed by atoms with van der Waals surface area (Å²) in [5.74, 6) is 2.09. The third-order valence-electron chi connectivity index (χ3n) is 3.26. The number of fused-ring (bicyclic) bond motifs is 1. The van der Waals surface area contributed by atoms with Gasteiger partial charge in [-0.3, -0.25) is 0 Å². The molecule has 1 aliphatic carbocycles. The van der Waals surface area contributed by atoms with Gasteiger partial charge in [0, 0.05) is 12.1 Å². The van der Waals surface area contributed by atoms with Gasteiger partial charge in [0.05, 0.1) is 5.52 Å². The molecule has 1 saturated carbocycles. The number of nitrogens with two attached hydrogens (primary N) is 1. The maximum atomic E-state index is 5.66. The maximum absolute atomic E-state index is 5.66. The molecule has 2 aromatic heterocycles. The minimum atomic E-state index is 0.351. The first-order valence-corrected chi connectivity index (χ1v) is 5.83. The molecule has 1 atom stereocenters. The highest BCUT2D eigenvalue weighted by Crippen LogP contribution is 2.38. The molecular weight excluding hydrogens is 200 g/mol. The standard InChI is InChI=1S/C12H16N4/c1-7(5-13)9-4-10-12(14-6-9)16-11(15-10)8-2-3-8/h4,6-8H,2-3,5,13H2,1H3,(H,14,15,16). The number of nitrogens with one attached hydrogen (secondary N) is 1. The molecule has 0 aromatic carbocycles. The molecular formula is C12H16N4. The molecule has 0 aliphatic heterocycles. The average molecular weight is 216 g/mol. The smallest absolute Gasteiger partial charge is 0.177 e. The van der Waals surface area contributed by atoms with Gasteiger partial charge < -0.3 is 10.7 Å². The lowest BCUT2D eigenvalue weighted by atomic mass is 10.0. The summed E-state index contributed by atoms with van der Waals surface area (Å²) in [5, 5.41) is 0. The van der Waals surface area contributed by atoms with Gasteiger partial charge in [-0.05, 0) is 36.9 Å². The van der Waals surface area contributed by atoms with Gasteiger partial charge in [-0.2, -0.15) is 0 Å². The molecule has 0 saturated heterocycles. The van der Waals surface area contributed by atoms with Crippen LogP contribution in [0.3, 0.4) is 0 Å². The van der Waals surface area contributed by atoms with Gasteiger partial charge in [-0.25, -0.2) is 9.97 Å². The molecule has 4 heteroatoms. The molecule has 0 amide bonds. The third kappa shape index (κ3) is 1.59. The Bertz CT molecular complexity index is 513. The minimum Gasteiger partial charge on any atom is -0.340 e. The van der Waals surface area contributed by atoms with Crippen LogP contribution in [0.15, 0.2) is 12.3 Å². The minimum absolute atomic E-state index is 0.351. The second kappa shape index (κ2) is 3.56. The Morgan fingerprint density at radius 2 is 2.38 bits per heavy atom. The zero-order valence-electron chi connectivity index (χ0n) is 9.40. The van der Waals surface area contributed by atoms with Crippen molar-refractivity contribution in [3.63, 3.8) is 0 Å². The van der Waals surface area contributed by atoms with Crippen molar-refractivity contribution in [1.29, 1.82) is 0 Å². The average Bonchev–Trinajstić information content (AvgIpc) is 3.07. The van der Waals surface area contributed by atoms with Crippen LogP contribution in [0.5, 0.6) is 0 Å². The van der Waals surface area contributed by atoms with Crippen LogP contribution >= 0.6 is 0 Å². The molecule has 1 unspecified atom stereocenters. The van der Waals surface area contributed by atoms with Crippen LogP contribution in [0.25, 0.3) is 11.2 Å². The topological polar surface area (TPSA) is 67.6 Å². The first kappa shape index (κ1) is 9.78. The Balaban J connectivity index is 2.02. The summed E-state index contributed by atoms with van der Waals surface area (Å²) in [5.41, 5.74) is 8.71. The molecule has 0 bridgehead atoms. The molecule has 16 heavy (non-hydrogen) atoms. The van der Waals surface area contributed by atoms with Crippen molar-refractivity contribution in [3.05, 3.63) is 23.7 Å². The van der Waals surface area contributed by atoms with E-state index >= 15 is 0 Å². The number of hydrogen-bond donors (Lipinski definition) is 2.